The number of nitrogens with one attached hydrogen (secondary N) is 2. The summed E-state index contributed by atoms with van der Waals surface area (Å²) in [6, 6.07) is 14.8. The number of carbonyl (C=O) groups is 1. The number of amides is 1. The Morgan fingerprint density at radius 1 is 1.14 bits per heavy atom. The predicted octanol–water partition coefficient (Wildman–Crippen LogP) is 3.86. The van der Waals surface area contributed by atoms with Crippen LogP contribution in [0.1, 0.15) is 12.8 Å². The lowest BCUT2D eigenvalue weighted by molar-refractivity contribution is -0.114. The lowest BCUT2D eigenvalue weighted by Crippen LogP contribution is -2.21. The van der Waals surface area contributed by atoms with Crippen molar-refractivity contribution in [2.75, 3.05) is 37.0 Å². The summed E-state index contributed by atoms with van der Waals surface area (Å²) in [5.74, 6) is 1.34. The third-order valence-electron chi connectivity index (χ3n) is 4.25. The minimum Gasteiger partial charge on any atom is -0.491 e. The Labute approximate surface area is 165 Å². The van der Waals surface area contributed by atoms with Crippen LogP contribution in [0, 0.1) is 0 Å². The first-order chi connectivity index (χ1) is 13.7. The smallest absolute Gasteiger partial charge is 0.243 e. The van der Waals surface area contributed by atoms with E-state index in [1.807, 2.05) is 48.5 Å². The number of carbonyl (C=O) groups excluding carboxylic acids is 1. The van der Waals surface area contributed by atoms with Gasteiger partial charge in [-0.2, -0.15) is 0 Å². The molecule has 1 unspecified atom stereocenters. The fraction of sp³-hybridized carbons (Fsp3) is 0.318. The zero-order valence-electron chi connectivity index (χ0n) is 15.9. The van der Waals surface area contributed by atoms with Crippen LogP contribution in [0.4, 0.5) is 11.4 Å². The van der Waals surface area contributed by atoms with Crippen molar-refractivity contribution in [3.8, 4) is 11.5 Å². The maximum atomic E-state index is 12.2. The van der Waals surface area contributed by atoms with Crippen LogP contribution in [-0.4, -0.2) is 38.4 Å². The van der Waals surface area contributed by atoms with Crippen LogP contribution < -0.4 is 20.1 Å². The number of ether oxygens (including phenoxy) is 3. The van der Waals surface area contributed by atoms with E-state index < -0.39 is 0 Å². The van der Waals surface area contributed by atoms with Gasteiger partial charge in [-0.3, -0.25) is 4.79 Å². The monoisotopic (exact) mass is 382 g/mol. The second-order valence-corrected chi connectivity index (χ2v) is 6.50. The predicted molar refractivity (Wildman–Crippen MR) is 110 cm³/mol. The van der Waals surface area contributed by atoms with E-state index in [-0.39, 0.29) is 18.6 Å². The van der Waals surface area contributed by atoms with Crippen LogP contribution in [-0.2, 0) is 9.53 Å². The zero-order valence-corrected chi connectivity index (χ0v) is 15.9. The van der Waals surface area contributed by atoms with E-state index in [9.17, 15) is 4.79 Å². The molecule has 3 rings (SSSR count). The molecule has 6 nitrogen and oxygen atoms in total. The molecule has 1 heterocycles. The van der Waals surface area contributed by atoms with Gasteiger partial charge in [0.15, 0.2) is 0 Å². The molecule has 1 fully saturated rings. The maximum Gasteiger partial charge on any atom is 0.243 e. The molecule has 2 aromatic carbocycles. The summed E-state index contributed by atoms with van der Waals surface area (Å²) < 4.78 is 16.8. The summed E-state index contributed by atoms with van der Waals surface area (Å²) in [5, 5.41) is 5.96. The normalized spacial score (nSPS) is 15.6. The van der Waals surface area contributed by atoms with E-state index in [1.54, 1.807) is 6.08 Å². The molecule has 1 aliphatic heterocycles. The molecule has 2 aromatic rings. The van der Waals surface area contributed by atoms with Crippen molar-refractivity contribution in [3.05, 3.63) is 61.2 Å². The standard InChI is InChI=1S/C22H26N2O4/c1-2-12-26-19-10-8-17(9-11-19)23-15-22(25)24-18-5-3-6-20(14-18)28-16-21-7-4-13-27-21/h2-3,5-6,8-11,14,21,23H,1,4,7,12-13,15-16H2,(H,24,25). The highest BCUT2D eigenvalue weighted by Crippen LogP contribution is 2.20. The van der Waals surface area contributed by atoms with Crippen LogP contribution in [0.25, 0.3) is 0 Å². The van der Waals surface area contributed by atoms with Gasteiger partial charge < -0.3 is 24.8 Å². The summed E-state index contributed by atoms with van der Waals surface area (Å²) in [6.45, 7) is 5.58. The Morgan fingerprint density at radius 3 is 2.75 bits per heavy atom. The van der Waals surface area contributed by atoms with Crippen LogP contribution in [0.5, 0.6) is 11.5 Å². The minimum atomic E-state index is -0.136. The Kier molecular flexibility index (Phi) is 7.32. The first-order valence-corrected chi connectivity index (χ1v) is 9.45. The molecule has 1 saturated heterocycles. The van der Waals surface area contributed by atoms with Gasteiger partial charge in [-0.25, -0.2) is 0 Å². The highest BCUT2D eigenvalue weighted by atomic mass is 16.5. The molecule has 0 radical (unpaired) electrons. The Hall–Kier alpha value is -2.99. The molecule has 2 N–H and O–H groups in total. The molecule has 148 valence electrons. The summed E-state index contributed by atoms with van der Waals surface area (Å²) >= 11 is 0. The van der Waals surface area contributed by atoms with Crippen LogP contribution in [0.2, 0.25) is 0 Å². The zero-order chi connectivity index (χ0) is 19.6. The van der Waals surface area contributed by atoms with Crippen LogP contribution in [0.3, 0.4) is 0 Å². The average Bonchev–Trinajstić information content (AvgIpc) is 3.24. The third-order valence-corrected chi connectivity index (χ3v) is 4.25. The number of hydrogen-bond acceptors (Lipinski definition) is 5. The second-order valence-electron chi connectivity index (χ2n) is 6.50. The van der Waals surface area contributed by atoms with Crippen molar-refractivity contribution in [1.82, 2.24) is 0 Å². The van der Waals surface area contributed by atoms with Gasteiger partial charge in [0, 0.05) is 24.0 Å². The molecule has 0 bridgehead atoms. The van der Waals surface area contributed by atoms with Crippen LogP contribution >= 0.6 is 0 Å². The largest absolute Gasteiger partial charge is 0.491 e. The van der Waals surface area contributed by atoms with E-state index in [1.165, 1.54) is 0 Å². The fourth-order valence-corrected chi connectivity index (χ4v) is 2.84. The number of hydrogen-bond donors (Lipinski definition) is 2. The minimum absolute atomic E-state index is 0.136. The van der Waals surface area contributed by atoms with Crippen molar-refractivity contribution in [3.63, 3.8) is 0 Å². The fourth-order valence-electron chi connectivity index (χ4n) is 2.84. The summed E-state index contributed by atoms with van der Waals surface area (Å²) in [5.41, 5.74) is 1.54. The van der Waals surface area contributed by atoms with Gasteiger partial charge in [-0.05, 0) is 49.2 Å². The number of benzene rings is 2. The van der Waals surface area contributed by atoms with Crippen molar-refractivity contribution >= 4 is 17.3 Å². The van der Waals surface area contributed by atoms with Gasteiger partial charge in [-0.15, -0.1) is 0 Å². The quantitative estimate of drug-likeness (QED) is 0.611. The van der Waals surface area contributed by atoms with Crippen LogP contribution in [0.15, 0.2) is 61.2 Å². The Morgan fingerprint density at radius 2 is 2.00 bits per heavy atom. The highest BCUT2D eigenvalue weighted by Gasteiger charge is 2.16. The lowest BCUT2D eigenvalue weighted by Gasteiger charge is -2.13. The number of anilines is 2. The van der Waals surface area contributed by atoms with Gasteiger partial charge in [0.25, 0.3) is 0 Å². The lowest BCUT2D eigenvalue weighted by atomic mass is 10.2. The van der Waals surface area contributed by atoms with Gasteiger partial charge in [-0.1, -0.05) is 18.7 Å². The molecule has 0 aromatic heterocycles. The highest BCUT2D eigenvalue weighted by molar-refractivity contribution is 5.93. The molecule has 6 heteroatoms. The van der Waals surface area contributed by atoms with Gasteiger partial charge >= 0.3 is 0 Å². The molecule has 0 aliphatic carbocycles. The SMILES string of the molecule is C=CCOc1ccc(NCC(=O)Nc2cccc(OCC3CCCO3)c2)cc1. The Balaban J connectivity index is 1.43. The third kappa shape index (κ3) is 6.32. The molecule has 1 atom stereocenters. The van der Waals surface area contributed by atoms with E-state index in [2.05, 4.69) is 17.2 Å². The van der Waals surface area contributed by atoms with E-state index in [4.69, 9.17) is 14.2 Å². The van der Waals surface area contributed by atoms with Crippen molar-refractivity contribution in [1.29, 1.82) is 0 Å². The topological polar surface area (TPSA) is 68.8 Å². The van der Waals surface area contributed by atoms with Crippen molar-refractivity contribution in [2.24, 2.45) is 0 Å². The Bertz CT molecular complexity index is 770. The molecular weight excluding hydrogens is 356 g/mol. The summed E-state index contributed by atoms with van der Waals surface area (Å²) in [4.78, 5) is 12.2. The van der Waals surface area contributed by atoms with E-state index in [0.717, 1.165) is 36.6 Å². The molecule has 0 spiro atoms. The first kappa shape index (κ1) is 19.8. The second kappa shape index (κ2) is 10.4. The average molecular weight is 382 g/mol. The van der Waals surface area contributed by atoms with Gasteiger partial charge in [0.05, 0.1) is 12.6 Å². The molecule has 1 aliphatic rings. The van der Waals surface area contributed by atoms with E-state index in [0.29, 0.717) is 18.9 Å². The van der Waals surface area contributed by atoms with Gasteiger partial charge in [0.2, 0.25) is 5.91 Å². The summed E-state index contributed by atoms with van der Waals surface area (Å²) in [7, 11) is 0. The molecule has 0 saturated carbocycles. The summed E-state index contributed by atoms with van der Waals surface area (Å²) in [6.07, 6.45) is 3.97. The molecular formula is C22H26N2O4. The number of rotatable bonds is 10. The first-order valence-electron chi connectivity index (χ1n) is 9.45. The van der Waals surface area contributed by atoms with Crippen molar-refractivity contribution in [2.45, 2.75) is 18.9 Å². The van der Waals surface area contributed by atoms with Gasteiger partial charge in [0.1, 0.15) is 24.7 Å². The molecule has 28 heavy (non-hydrogen) atoms. The van der Waals surface area contributed by atoms with E-state index >= 15 is 0 Å². The molecule has 1 amide bonds. The maximum absolute atomic E-state index is 12.2. The van der Waals surface area contributed by atoms with Crippen molar-refractivity contribution < 1.29 is 19.0 Å².